The third-order valence-corrected chi connectivity index (χ3v) is 2.94. The monoisotopic (exact) mass is 319 g/mol. The van der Waals surface area contributed by atoms with Gasteiger partial charge >= 0.3 is 0 Å². The van der Waals surface area contributed by atoms with Gasteiger partial charge in [-0.05, 0) is 36.5 Å². The highest BCUT2D eigenvalue weighted by Crippen LogP contribution is 2.12. The van der Waals surface area contributed by atoms with Crippen molar-refractivity contribution in [1.82, 2.24) is 5.43 Å². The number of nitrogens with one attached hydrogen (secondary N) is 1. The number of hydrogen-bond acceptors (Lipinski definition) is 3. The van der Waals surface area contributed by atoms with Crippen molar-refractivity contribution in [2.24, 2.45) is 10.8 Å². The Balaban J connectivity index is 2.14. The van der Waals surface area contributed by atoms with E-state index in [1.54, 1.807) is 12.1 Å². The maximum Gasteiger partial charge on any atom is 0.184 e. The smallest absolute Gasteiger partial charge is 0.184 e. The molecule has 0 unspecified atom stereocenters. The van der Waals surface area contributed by atoms with Crippen molar-refractivity contribution < 1.29 is 4.74 Å². The molecule has 0 saturated heterocycles. The lowest BCUT2D eigenvalue weighted by molar-refractivity contribution is 0.376. The van der Waals surface area contributed by atoms with E-state index in [0.29, 0.717) is 10.7 Å². The molecule has 108 valence electrons. The molecule has 3 N–H and O–H groups in total. The summed E-state index contributed by atoms with van der Waals surface area (Å²) in [5.41, 5.74) is 9.52. The molecule has 0 aliphatic carbocycles. The highest BCUT2D eigenvalue weighted by Gasteiger charge is 2.06. The third kappa shape index (κ3) is 5.06. The van der Waals surface area contributed by atoms with Crippen molar-refractivity contribution in [3.8, 4) is 5.75 Å². The predicted octanol–water partition coefficient (Wildman–Crippen LogP) is 2.96. The number of rotatable bonds is 5. The number of nitrogens with zero attached hydrogens (tertiary/aromatic N) is 1. The van der Waals surface area contributed by atoms with Crippen LogP contribution >= 0.6 is 23.8 Å². The van der Waals surface area contributed by atoms with Crippen LogP contribution in [0.2, 0.25) is 5.02 Å². The minimum absolute atomic E-state index is 0.0983. The molecule has 0 spiro atoms. The molecule has 0 atom stereocenters. The van der Waals surface area contributed by atoms with E-state index in [2.05, 4.69) is 10.5 Å². The molecule has 2 aromatic rings. The van der Waals surface area contributed by atoms with Crippen molar-refractivity contribution in [3.05, 3.63) is 65.2 Å². The first-order chi connectivity index (χ1) is 10.1. The first kappa shape index (κ1) is 15.3. The minimum atomic E-state index is 0.0983. The molecule has 0 bridgehead atoms. The van der Waals surface area contributed by atoms with E-state index in [1.807, 2.05) is 42.5 Å². The lowest BCUT2D eigenvalue weighted by Gasteiger charge is -2.10. The topological polar surface area (TPSA) is 59.6 Å². The maximum atomic E-state index is 5.89. The molecule has 2 aromatic carbocycles. The van der Waals surface area contributed by atoms with Gasteiger partial charge in [-0.15, -0.1) is 0 Å². The molecule has 2 rings (SSSR count). The first-order valence-corrected chi connectivity index (χ1v) is 6.99. The van der Waals surface area contributed by atoms with E-state index in [9.17, 15) is 0 Å². The molecule has 0 amide bonds. The number of halogens is 1. The van der Waals surface area contributed by atoms with Gasteiger partial charge in [0.05, 0.1) is 0 Å². The van der Waals surface area contributed by atoms with Crippen LogP contribution in [0.1, 0.15) is 5.56 Å². The number of ether oxygens (including phenoxy) is 1. The molecule has 6 heteroatoms. The lowest BCUT2D eigenvalue weighted by atomic mass is 10.1. The fraction of sp³-hybridized carbons (Fsp3) is 0.0667. The normalized spacial score (nSPS) is 11.0. The Labute approximate surface area is 133 Å². The fourth-order valence-electron chi connectivity index (χ4n) is 1.61. The molecule has 4 nitrogen and oxygen atoms in total. The molecule has 0 saturated carbocycles. The van der Waals surface area contributed by atoms with E-state index >= 15 is 0 Å². The number of thiocarbonyl (C=S) groups is 1. The summed E-state index contributed by atoms with van der Waals surface area (Å²) in [7, 11) is 0. The van der Waals surface area contributed by atoms with Crippen molar-refractivity contribution in [3.63, 3.8) is 0 Å². The largest absolute Gasteiger partial charge is 0.487 e. The second kappa shape index (κ2) is 7.61. The summed E-state index contributed by atoms with van der Waals surface area (Å²) in [4.78, 5) is 0. The SMILES string of the molecule is NC(=S)N/N=C(/COc1ccccc1)c1ccc(Cl)cc1. The van der Waals surface area contributed by atoms with Gasteiger partial charge in [-0.25, -0.2) is 0 Å². The average molecular weight is 320 g/mol. The Morgan fingerprint density at radius 3 is 2.43 bits per heavy atom. The zero-order valence-electron chi connectivity index (χ0n) is 11.1. The highest BCUT2D eigenvalue weighted by molar-refractivity contribution is 7.80. The summed E-state index contributed by atoms with van der Waals surface area (Å²) >= 11 is 10.6. The van der Waals surface area contributed by atoms with E-state index in [-0.39, 0.29) is 11.7 Å². The van der Waals surface area contributed by atoms with Crippen LogP contribution in [-0.4, -0.2) is 17.4 Å². The van der Waals surface area contributed by atoms with Crippen LogP contribution in [0.4, 0.5) is 0 Å². The average Bonchev–Trinajstić information content (AvgIpc) is 2.49. The Hall–Kier alpha value is -2.11. The van der Waals surface area contributed by atoms with Gasteiger partial charge in [0.25, 0.3) is 0 Å². The number of nitrogens with two attached hydrogens (primary N) is 1. The van der Waals surface area contributed by atoms with E-state index in [1.165, 1.54) is 0 Å². The number of hydrogen-bond donors (Lipinski definition) is 2. The molecular formula is C15H14ClN3OS. The summed E-state index contributed by atoms with van der Waals surface area (Å²) < 4.78 is 5.70. The van der Waals surface area contributed by atoms with Crippen LogP contribution < -0.4 is 15.9 Å². The molecule has 0 fully saturated rings. The minimum Gasteiger partial charge on any atom is -0.487 e. The summed E-state index contributed by atoms with van der Waals surface area (Å²) in [5.74, 6) is 0.759. The zero-order valence-corrected chi connectivity index (χ0v) is 12.7. The molecule has 0 radical (unpaired) electrons. The quantitative estimate of drug-likeness (QED) is 0.505. The first-order valence-electron chi connectivity index (χ1n) is 6.21. The zero-order chi connectivity index (χ0) is 15.1. The summed E-state index contributed by atoms with van der Waals surface area (Å²) in [6.07, 6.45) is 0. The Kier molecular flexibility index (Phi) is 5.54. The highest BCUT2D eigenvalue weighted by atomic mass is 35.5. The van der Waals surface area contributed by atoms with Gasteiger partial charge < -0.3 is 10.5 Å². The van der Waals surface area contributed by atoms with Gasteiger partial charge in [-0.1, -0.05) is 41.9 Å². The molecule has 0 aliphatic heterocycles. The van der Waals surface area contributed by atoms with E-state index in [0.717, 1.165) is 11.3 Å². The molecule has 0 aromatic heterocycles. The molecule has 21 heavy (non-hydrogen) atoms. The second-order valence-electron chi connectivity index (χ2n) is 4.14. The van der Waals surface area contributed by atoms with Crippen LogP contribution in [0.15, 0.2) is 59.7 Å². The molecular weight excluding hydrogens is 306 g/mol. The Bertz CT molecular complexity index is 629. The van der Waals surface area contributed by atoms with Gasteiger partial charge in [-0.3, -0.25) is 5.43 Å². The van der Waals surface area contributed by atoms with Crippen molar-refractivity contribution in [1.29, 1.82) is 0 Å². The van der Waals surface area contributed by atoms with Crippen LogP contribution in [0.3, 0.4) is 0 Å². The standard InChI is InChI=1S/C15H14ClN3OS/c16-12-8-6-11(7-9-12)14(18-19-15(17)21)10-20-13-4-2-1-3-5-13/h1-9H,10H2,(H3,17,19,21)/b18-14-. The number of hydrazone groups is 1. The van der Waals surface area contributed by atoms with Gasteiger partial charge in [-0.2, -0.15) is 5.10 Å². The van der Waals surface area contributed by atoms with Crippen molar-refractivity contribution >= 4 is 34.6 Å². The van der Waals surface area contributed by atoms with Crippen LogP contribution in [-0.2, 0) is 0 Å². The predicted molar refractivity (Wildman–Crippen MR) is 89.8 cm³/mol. The third-order valence-electron chi connectivity index (χ3n) is 2.60. The van der Waals surface area contributed by atoms with Gasteiger partial charge in [0.15, 0.2) is 5.11 Å². The fourth-order valence-corrected chi connectivity index (χ4v) is 1.79. The van der Waals surface area contributed by atoms with Gasteiger partial charge in [0.2, 0.25) is 0 Å². The number of para-hydroxylation sites is 1. The summed E-state index contributed by atoms with van der Waals surface area (Å²) in [5, 5.41) is 4.93. The van der Waals surface area contributed by atoms with E-state index < -0.39 is 0 Å². The van der Waals surface area contributed by atoms with Gasteiger partial charge in [0.1, 0.15) is 18.1 Å². The maximum absolute atomic E-state index is 5.89. The van der Waals surface area contributed by atoms with Crippen molar-refractivity contribution in [2.75, 3.05) is 6.61 Å². The van der Waals surface area contributed by atoms with E-state index in [4.69, 9.17) is 34.3 Å². The molecule has 0 heterocycles. The Morgan fingerprint density at radius 1 is 1.14 bits per heavy atom. The summed E-state index contributed by atoms with van der Waals surface area (Å²) in [6, 6.07) is 16.8. The second-order valence-corrected chi connectivity index (χ2v) is 5.02. The van der Waals surface area contributed by atoms with Crippen LogP contribution in [0, 0.1) is 0 Å². The van der Waals surface area contributed by atoms with Crippen LogP contribution in [0.5, 0.6) is 5.75 Å². The van der Waals surface area contributed by atoms with Crippen LogP contribution in [0.25, 0.3) is 0 Å². The summed E-state index contributed by atoms with van der Waals surface area (Å²) in [6.45, 7) is 0.279. The Morgan fingerprint density at radius 2 is 1.81 bits per heavy atom. The molecule has 0 aliphatic rings. The lowest BCUT2D eigenvalue weighted by Crippen LogP contribution is -2.27. The van der Waals surface area contributed by atoms with Crippen molar-refractivity contribution in [2.45, 2.75) is 0 Å². The van der Waals surface area contributed by atoms with Gasteiger partial charge in [0, 0.05) is 10.6 Å². The number of benzene rings is 2.